The van der Waals surface area contributed by atoms with E-state index >= 15 is 0 Å². The topological polar surface area (TPSA) is 12.0 Å². The summed E-state index contributed by atoms with van der Waals surface area (Å²) in [6.07, 6.45) is 0. The van der Waals surface area contributed by atoms with Gasteiger partial charge in [-0.15, -0.1) is 0 Å². The zero-order chi connectivity index (χ0) is 27.4. The molecule has 0 spiro atoms. The standard InChI is InChI=1S/C40H29N/c1-4-13-29(14-5-1)39(30-15-6-2-7-16-30)40(31-17-8-3-9-18-31)32-23-25-36(26-24-32)41-38-22-12-21-35-27-33-19-10-11-20-34(33)28-37(35)38/h1-28,41H. The minimum atomic E-state index is 1.06. The summed E-state index contributed by atoms with van der Waals surface area (Å²) < 4.78 is 0. The van der Waals surface area contributed by atoms with Crippen LogP contribution in [0, 0.1) is 0 Å². The van der Waals surface area contributed by atoms with Gasteiger partial charge in [-0.1, -0.05) is 140 Å². The minimum absolute atomic E-state index is 1.06. The second-order valence-electron chi connectivity index (χ2n) is 10.3. The molecule has 0 aliphatic heterocycles. The van der Waals surface area contributed by atoms with E-state index in [1.807, 2.05) is 0 Å². The van der Waals surface area contributed by atoms with Crippen molar-refractivity contribution in [3.63, 3.8) is 0 Å². The van der Waals surface area contributed by atoms with Crippen LogP contribution in [0.15, 0.2) is 170 Å². The van der Waals surface area contributed by atoms with Crippen molar-refractivity contribution in [3.8, 4) is 0 Å². The van der Waals surface area contributed by atoms with E-state index in [-0.39, 0.29) is 0 Å². The van der Waals surface area contributed by atoms with Gasteiger partial charge in [0.15, 0.2) is 0 Å². The van der Waals surface area contributed by atoms with Gasteiger partial charge in [-0.3, -0.25) is 0 Å². The van der Waals surface area contributed by atoms with Gasteiger partial charge in [-0.25, -0.2) is 0 Å². The summed E-state index contributed by atoms with van der Waals surface area (Å²) in [5.74, 6) is 0. The van der Waals surface area contributed by atoms with Crippen LogP contribution in [-0.2, 0) is 0 Å². The first-order chi connectivity index (χ1) is 20.3. The third-order valence-corrected chi connectivity index (χ3v) is 7.64. The van der Waals surface area contributed by atoms with Gasteiger partial charge in [0.05, 0.1) is 0 Å². The Morgan fingerprint density at radius 3 is 1.32 bits per heavy atom. The van der Waals surface area contributed by atoms with Crippen LogP contribution >= 0.6 is 0 Å². The molecule has 7 aromatic rings. The first-order valence-electron chi connectivity index (χ1n) is 14.0. The Balaban J connectivity index is 1.34. The second-order valence-corrected chi connectivity index (χ2v) is 10.3. The van der Waals surface area contributed by atoms with E-state index in [2.05, 4.69) is 175 Å². The van der Waals surface area contributed by atoms with Gasteiger partial charge in [0.25, 0.3) is 0 Å². The summed E-state index contributed by atoms with van der Waals surface area (Å²) in [6.45, 7) is 0. The minimum Gasteiger partial charge on any atom is -0.355 e. The fourth-order valence-electron chi connectivity index (χ4n) is 5.68. The molecule has 0 aliphatic carbocycles. The Bertz CT molecular complexity index is 1930. The van der Waals surface area contributed by atoms with Crippen molar-refractivity contribution in [2.75, 3.05) is 5.32 Å². The van der Waals surface area contributed by atoms with Crippen molar-refractivity contribution in [1.29, 1.82) is 0 Å². The van der Waals surface area contributed by atoms with Crippen LogP contribution in [0.1, 0.15) is 22.3 Å². The molecule has 41 heavy (non-hydrogen) atoms. The lowest BCUT2D eigenvalue weighted by molar-refractivity contribution is 1.49. The van der Waals surface area contributed by atoms with Gasteiger partial charge in [-0.2, -0.15) is 0 Å². The van der Waals surface area contributed by atoms with Crippen LogP contribution in [0.2, 0.25) is 0 Å². The van der Waals surface area contributed by atoms with E-state index in [9.17, 15) is 0 Å². The van der Waals surface area contributed by atoms with Crippen molar-refractivity contribution in [2.24, 2.45) is 0 Å². The number of anilines is 2. The highest BCUT2D eigenvalue weighted by Gasteiger charge is 2.16. The molecule has 194 valence electrons. The van der Waals surface area contributed by atoms with Crippen LogP contribution in [0.5, 0.6) is 0 Å². The fraction of sp³-hybridized carbons (Fsp3) is 0. The van der Waals surface area contributed by atoms with E-state index in [1.54, 1.807) is 0 Å². The normalized spacial score (nSPS) is 10.9. The largest absolute Gasteiger partial charge is 0.355 e. The zero-order valence-electron chi connectivity index (χ0n) is 22.7. The Morgan fingerprint density at radius 2 is 0.780 bits per heavy atom. The van der Waals surface area contributed by atoms with Gasteiger partial charge in [-0.05, 0) is 79.9 Å². The fourth-order valence-corrected chi connectivity index (χ4v) is 5.68. The van der Waals surface area contributed by atoms with Gasteiger partial charge >= 0.3 is 0 Å². The maximum Gasteiger partial charge on any atom is 0.0464 e. The molecule has 7 rings (SSSR count). The average molecular weight is 524 g/mol. The highest BCUT2D eigenvalue weighted by Crippen LogP contribution is 2.37. The van der Waals surface area contributed by atoms with Crippen LogP contribution in [0.3, 0.4) is 0 Å². The molecule has 7 aromatic carbocycles. The van der Waals surface area contributed by atoms with Gasteiger partial charge in [0.2, 0.25) is 0 Å². The Kier molecular flexibility index (Phi) is 6.61. The number of hydrogen-bond acceptors (Lipinski definition) is 1. The Morgan fingerprint density at radius 1 is 0.341 bits per heavy atom. The maximum absolute atomic E-state index is 3.69. The van der Waals surface area contributed by atoms with Crippen LogP contribution < -0.4 is 5.32 Å². The van der Waals surface area contributed by atoms with E-state index in [0.29, 0.717) is 0 Å². The monoisotopic (exact) mass is 523 g/mol. The maximum atomic E-state index is 3.69. The number of rotatable bonds is 6. The molecule has 0 saturated heterocycles. The first-order valence-corrected chi connectivity index (χ1v) is 14.0. The molecule has 1 heteroatoms. The van der Waals surface area contributed by atoms with Crippen molar-refractivity contribution in [2.45, 2.75) is 0 Å². The molecule has 1 nitrogen and oxygen atoms in total. The van der Waals surface area contributed by atoms with Crippen molar-refractivity contribution >= 4 is 44.1 Å². The number of fused-ring (bicyclic) bond motifs is 2. The van der Waals surface area contributed by atoms with E-state index in [0.717, 1.165) is 11.4 Å². The SMILES string of the molecule is c1ccc(C(=C(c2ccccc2)c2ccc(Nc3cccc4cc5ccccc5cc34)cc2)c2ccccc2)cc1. The smallest absolute Gasteiger partial charge is 0.0464 e. The third kappa shape index (κ3) is 5.02. The lowest BCUT2D eigenvalue weighted by Crippen LogP contribution is -1.98. The summed E-state index contributed by atoms with van der Waals surface area (Å²) in [5, 5.41) is 8.65. The van der Waals surface area contributed by atoms with E-state index in [1.165, 1.54) is 54.9 Å². The molecule has 0 aliphatic rings. The van der Waals surface area contributed by atoms with Gasteiger partial charge < -0.3 is 5.32 Å². The van der Waals surface area contributed by atoms with Crippen LogP contribution in [0.25, 0.3) is 32.7 Å². The van der Waals surface area contributed by atoms with Gasteiger partial charge in [0.1, 0.15) is 0 Å². The summed E-state index contributed by atoms with van der Waals surface area (Å²) in [6, 6.07) is 60.5. The molecule has 1 N–H and O–H groups in total. The zero-order valence-corrected chi connectivity index (χ0v) is 22.7. The first kappa shape index (κ1) is 24.6. The lowest BCUT2D eigenvalue weighted by Gasteiger charge is -2.18. The van der Waals surface area contributed by atoms with Crippen molar-refractivity contribution in [3.05, 3.63) is 192 Å². The summed E-state index contributed by atoms with van der Waals surface area (Å²) in [5.41, 5.74) is 9.36. The van der Waals surface area contributed by atoms with Crippen molar-refractivity contribution in [1.82, 2.24) is 0 Å². The second kappa shape index (κ2) is 11.0. The Labute approximate surface area is 241 Å². The lowest BCUT2D eigenvalue weighted by atomic mass is 9.86. The molecular formula is C40H29N. The molecule has 0 aromatic heterocycles. The quantitative estimate of drug-likeness (QED) is 0.169. The number of benzene rings is 7. The third-order valence-electron chi connectivity index (χ3n) is 7.64. The summed E-state index contributed by atoms with van der Waals surface area (Å²) in [7, 11) is 0. The van der Waals surface area contributed by atoms with Crippen molar-refractivity contribution < 1.29 is 0 Å². The molecule has 0 amide bonds. The predicted molar refractivity (Wildman–Crippen MR) is 176 cm³/mol. The molecule has 0 bridgehead atoms. The molecule has 0 atom stereocenters. The average Bonchev–Trinajstić information content (AvgIpc) is 3.04. The van der Waals surface area contributed by atoms with E-state index < -0.39 is 0 Å². The summed E-state index contributed by atoms with van der Waals surface area (Å²) in [4.78, 5) is 0. The molecule has 0 saturated carbocycles. The molecule has 0 unspecified atom stereocenters. The highest BCUT2D eigenvalue weighted by molar-refractivity contribution is 6.06. The van der Waals surface area contributed by atoms with Gasteiger partial charge in [0, 0.05) is 16.8 Å². The van der Waals surface area contributed by atoms with E-state index in [4.69, 9.17) is 0 Å². The highest BCUT2D eigenvalue weighted by atomic mass is 14.9. The predicted octanol–water partition coefficient (Wildman–Crippen LogP) is 10.7. The molecule has 0 fully saturated rings. The van der Waals surface area contributed by atoms with Crippen LogP contribution in [0.4, 0.5) is 11.4 Å². The number of nitrogens with one attached hydrogen (secondary N) is 1. The van der Waals surface area contributed by atoms with Crippen LogP contribution in [-0.4, -0.2) is 0 Å². The summed E-state index contributed by atoms with van der Waals surface area (Å²) >= 11 is 0. The molecule has 0 radical (unpaired) electrons. The molecular weight excluding hydrogens is 494 g/mol. The number of hydrogen-bond donors (Lipinski definition) is 1. The molecule has 0 heterocycles. The Hall–Kier alpha value is -5.40.